The lowest BCUT2D eigenvalue weighted by atomic mass is 10.1. The number of rotatable bonds is 2. The zero-order valence-corrected chi connectivity index (χ0v) is 11.0. The molecule has 0 aliphatic carbocycles. The molecule has 0 aliphatic rings. The molecule has 20 heavy (non-hydrogen) atoms. The Labute approximate surface area is 113 Å². The van der Waals surface area contributed by atoms with Crippen LogP contribution in [0.5, 0.6) is 5.75 Å². The van der Waals surface area contributed by atoms with Gasteiger partial charge in [0.05, 0.1) is 12.5 Å². The zero-order valence-electron chi connectivity index (χ0n) is 11.0. The van der Waals surface area contributed by atoms with Crippen LogP contribution in [0.2, 0.25) is 0 Å². The predicted octanol–water partition coefficient (Wildman–Crippen LogP) is 2.35. The van der Waals surface area contributed by atoms with E-state index in [1.807, 2.05) is 0 Å². The van der Waals surface area contributed by atoms with E-state index in [1.165, 1.54) is 6.26 Å². The summed E-state index contributed by atoms with van der Waals surface area (Å²) in [5.74, 6) is 0.641. The van der Waals surface area contributed by atoms with Crippen molar-refractivity contribution < 1.29 is 13.7 Å². The highest BCUT2D eigenvalue weighted by atomic mass is 16.5. The molecule has 0 fully saturated rings. The smallest absolute Gasteiger partial charge is 0.204 e. The van der Waals surface area contributed by atoms with Gasteiger partial charge in [0.15, 0.2) is 0 Å². The number of aryl methyl sites for hydroxylation is 1. The lowest BCUT2D eigenvalue weighted by Crippen LogP contribution is -2.09. The third-order valence-electron chi connectivity index (χ3n) is 3.20. The average Bonchev–Trinajstić information content (AvgIpc) is 2.94. The monoisotopic (exact) mass is 272 g/mol. The first-order valence-corrected chi connectivity index (χ1v) is 5.94. The Kier molecular flexibility index (Phi) is 2.71. The molecule has 0 atom stereocenters. The molecule has 0 bridgehead atoms. The Morgan fingerprint density at radius 2 is 2.10 bits per heavy atom. The first-order chi connectivity index (χ1) is 9.63. The molecular weight excluding hydrogens is 260 g/mol. The van der Waals surface area contributed by atoms with Gasteiger partial charge in [-0.2, -0.15) is 0 Å². The molecule has 6 nitrogen and oxygen atoms in total. The molecule has 2 heterocycles. The molecule has 0 spiro atoms. The number of anilines is 1. The number of methoxy groups -OCH3 is 1. The molecule has 102 valence electrons. The number of hydrogen-bond acceptors (Lipinski definition) is 6. The number of nitrogen functional groups attached to an aromatic ring is 1. The number of nitrogens with two attached hydrogens (primary N) is 1. The van der Waals surface area contributed by atoms with E-state index in [9.17, 15) is 4.79 Å². The summed E-state index contributed by atoms with van der Waals surface area (Å²) in [5, 5.41) is 4.16. The molecule has 0 radical (unpaired) electrons. The van der Waals surface area contributed by atoms with E-state index in [-0.39, 0.29) is 16.9 Å². The lowest BCUT2D eigenvalue weighted by molar-refractivity contribution is 0.411. The van der Waals surface area contributed by atoms with Crippen LogP contribution in [0.3, 0.4) is 0 Å². The average molecular weight is 272 g/mol. The van der Waals surface area contributed by atoms with Crippen LogP contribution in [-0.4, -0.2) is 12.3 Å². The second-order valence-electron chi connectivity index (χ2n) is 4.32. The Morgan fingerprint density at radius 3 is 2.75 bits per heavy atom. The highest BCUT2D eigenvalue weighted by Gasteiger charge is 2.18. The van der Waals surface area contributed by atoms with Crippen LogP contribution in [-0.2, 0) is 0 Å². The number of fused-ring (bicyclic) bond motifs is 1. The summed E-state index contributed by atoms with van der Waals surface area (Å²) in [5.41, 5.74) is 7.30. The Bertz CT molecular complexity index is 834. The van der Waals surface area contributed by atoms with E-state index in [4.69, 9.17) is 19.4 Å². The van der Waals surface area contributed by atoms with E-state index in [1.54, 1.807) is 32.2 Å². The van der Waals surface area contributed by atoms with Gasteiger partial charge in [0.25, 0.3) is 0 Å². The summed E-state index contributed by atoms with van der Waals surface area (Å²) in [6, 6.07) is 4.93. The summed E-state index contributed by atoms with van der Waals surface area (Å²) in [4.78, 5) is 12.5. The number of aromatic nitrogens is 1. The number of benzene rings is 1. The summed E-state index contributed by atoms with van der Waals surface area (Å²) >= 11 is 0. The minimum atomic E-state index is -0.247. The molecule has 3 rings (SSSR count). The van der Waals surface area contributed by atoms with Crippen molar-refractivity contribution in [3.05, 3.63) is 40.2 Å². The fraction of sp³-hybridized carbons (Fsp3) is 0.143. The molecule has 2 N–H and O–H groups in total. The van der Waals surface area contributed by atoms with Gasteiger partial charge in [-0.25, -0.2) is 0 Å². The fourth-order valence-corrected chi connectivity index (χ4v) is 2.20. The quantitative estimate of drug-likeness (QED) is 0.769. The molecule has 0 unspecified atom stereocenters. The van der Waals surface area contributed by atoms with Crippen molar-refractivity contribution >= 4 is 16.9 Å². The van der Waals surface area contributed by atoms with Crippen LogP contribution in [0.4, 0.5) is 5.88 Å². The van der Waals surface area contributed by atoms with Crippen molar-refractivity contribution in [2.24, 2.45) is 0 Å². The van der Waals surface area contributed by atoms with E-state index in [0.29, 0.717) is 22.4 Å². The zero-order chi connectivity index (χ0) is 14.3. The molecule has 0 aliphatic heterocycles. The third kappa shape index (κ3) is 1.65. The Morgan fingerprint density at radius 1 is 1.30 bits per heavy atom. The first kappa shape index (κ1) is 12.3. The largest absolute Gasteiger partial charge is 0.496 e. The highest BCUT2D eigenvalue weighted by Crippen LogP contribution is 2.30. The van der Waals surface area contributed by atoms with Gasteiger partial charge in [-0.3, -0.25) is 4.79 Å². The highest BCUT2D eigenvalue weighted by molar-refractivity contribution is 5.88. The van der Waals surface area contributed by atoms with Gasteiger partial charge in [0.1, 0.15) is 28.9 Å². The summed E-state index contributed by atoms with van der Waals surface area (Å²) in [7, 11) is 1.55. The van der Waals surface area contributed by atoms with Crippen molar-refractivity contribution in [3.8, 4) is 17.0 Å². The Balaban J connectivity index is 2.41. The third-order valence-corrected chi connectivity index (χ3v) is 3.20. The topological polar surface area (TPSA) is 91.5 Å². The predicted molar refractivity (Wildman–Crippen MR) is 73.7 cm³/mol. The maximum atomic E-state index is 12.5. The second-order valence-corrected chi connectivity index (χ2v) is 4.32. The molecule has 0 saturated heterocycles. The van der Waals surface area contributed by atoms with Gasteiger partial charge in [-0.15, -0.1) is 0 Å². The second kappa shape index (κ2) is 4.41. The summed E-state index contributed by atoms with van der Waals surface area (Å²) in [6.07, 6.45) is 1.37. The van der Waals surface area contributed by atoms with E-state index < -0.39 is 0 Å². The normalized spacial score (nSPS) is 10.9. The van der Waals surface area contributed by atoms with Crippen LogP contribution < -0.4 is 15.9 Å². The van der Waals surface area contributed by atoms with E-state index >= 15 is 0 Å². The van der Waals surface area contributed by atoms with E-state index in [2.05, 4.69) is 5.16 Å². The molecule has 0 saturated carbocycles. The van der Waals surface area contributed by atoms with Gasteiger partial charge in [-0.1, -0.05) is 5.16 Å². The molecular formula is C14H12N2O4. The van der Waals surface area contributed by atoms with Crippen molar-refractivity contribution in [3.63, 3.8) is 0 Å². The van der Waals surface area contributed by atoms with Crippen LogP contribution in [0, 0.1) is 6.92 Å². The van der Waals surface area contributed by atoms with Gasteiger partial charge in [0, 0.05) is 11.6 Å². The van der Waals surface area contributed by atoms with Crippen LogP contribution in [0.1, 0.15) is 5.56 Å². The number of nitrogens with zero attached hydrogens (tertiary/aromatic N) is 1. The van der Waals surface area contributed by atoms with Crippen molar-refractivity contribution in [1.29, 1.82) is 0 Å². The van der Waals surface area contributed by atoms with Gasteiger partial charge in [0.2, 0.25) is 11.3 Å². The van der Waals surface area contributed by atoms with Crippen LogP contribution in [0.15, 0.2) is 38.2 Å². The van der Waals surface area contributed by atoms with Gasteiger partial charge < -0.3 is 19.4 Å². The van der Waals surface area contributed by atoms with Crippen molar-refractivity contribution in [2.45, 2.75) is 6.92 Å². The SMILES string of the molecule is COc1ccc2c(=O)c(-c3ccon3)c(N)oc2c1C. The minimum Gasteiger partial charge on any atom is -0.496 e. The first-order valence-electron chi connectivity index (χ1n) is 5.94. The summed E-state index contributed by atoms with van der Waals surface area (Å²) in [6.45, 7) is 1.80. The van der Waals surface area contributed by atoms with Crippen molar-refractivity contribution in [2.75, 3.05) is 12.8 Å². The van der Waals surface area contributed by atoms with Crippen LogP contribution >= 0.6 is 0 Å². The Hall–Kier alpha value is -2.76. The molecule has 2 aromatic heterocycles. The van der Waals surface area contributed by atoms with Gasteiger partial charge >= 0.3 is 0 Å². The molecule has 3 aromatic rings. The summed E-state index contributed by atoms with van der Waals surface area (Å²) < 4.78 is 15.5. The molecule has 1 aromatic carbocycles. The van der Waals surface area contributed by atoms with Gasteiger partial charge in [-0.05, 0) is 19.1 Å². The molecule has 6 heteroatoms. The fourth-order valence-electron chi connectivity index (χ4n) is 2.20. The van der Waals surface area contributed by atoms with Crippen LogP contribution in [0.25, 0.3) is 22.2 Å². The van der Waals surface area contributed by atoms with E-state index in [0.717, 1.165) is 5.56 Å². The maximum absolute atomic E-state index is 12.5. The lowest BCUT2D eigenvalue weighted by Gasteiger charge is -2.09. The minimum absolute atomic E-state index is 0.00718. The molecule has 0 amide bonds. The number of ether oxygens (including phenoxy) is 1. The number of hydrogen-bond donors (Lipinski definition) is 1. The van der Waals surface area contributed by atoms with Crippen molar-refractivity contribution in [1.82, 2.24) is 5.16 Å². The maximum Gasteiger partial charge on any atom is 0.204 e. The standard InChI is InChI=1S/C14H12N2O4/c1-7-10(18-2)4-3-8-12(17)11(9-5-6-19-16-9)14(15)20-13(7)8/h3-6H,15H2,1-2H3.